The molecule has 0 aliphatic carbocycles. The van der Waals surface area contributed by atoms with Gasteiger partial charge in [0.15, 0.2) is 6.29 Å². The van der Waals surface area contributed by atoms with Crippen LogP contribution in [0.4, 0.5) is 0 Å². The standard InChI is InChI=1S/C11H10ClN3O3/c1-17-10-4-11(18-2)9(3-8(10)12)15-5-7(6-16)13-14-15/h3-6H,1-2H3. The Bertz CT molecular complexity index is 583. The van der Waals surface area contributed by atoms with Crippen LogP contribution in [0.15, 0.2) is 18.3 Å². The number of nitrogens with zero attached hydrogens (tertiary/aromatic N) is 3. The molecule has 0 N–H and O–H groups in total. The number of carbonyl (C=O) groups excluding carboxylic acids is 1. The third-order valence-electron chi connectivity index (χ3n) is 2.33. The van der Waals surface area contributed by atoms with Crippen molar-refractivity contribution in [1.29, 1.82) is 0 Å². The first-order valence-corrected chi connectivity index (χ1v) is 5.36. The number of ether oxygens (including phenoxy) is 2. The molecule has 0 aliphatic rings. The van der Waals surface area contributed by atoms with E-state index < -0.39 is 0 Å². The first kappa shape index (κ1) is 12.4. The molecule has 0 saturated heterocycles. The van der Waals surface area contributed by atoms with Gasteiger partial charge in [-0.3, -0.25) is 4.79 Å². The molecule has 6 nitrogen and oxygen atoms in total. The number of aldehydes is 1. The maximum Gasteiger partial charge on any atom is 0.171 e. The molecule has 7 heteroatoms. The van der Waals surface area contributed by atoms with Crippen LogP contribution in [0.5, 0.6) is 11.5 Å². The highest BCUT2D eigenvalue weighted by molar-refractivity contribution is 6.32. The summed E-state index contributed by atoms with van der Waals surface area (Å²) < 4.78 is 11.7. The Morgan fingerprint density at radius 2 is 2.00 bits per heavy atom. The van der Waals surface area contributed by atoms with Gasteiger partial charge in [0.1, 0.15) is 22.9 Å². The smallest absolute Gasteiger partial charge is 0.171 e. The summed E-state index contributed by atoms with van der Waals surface area (Å²) in [7, 11) is 3.03. The number of hydrogen-bond donors (Lipinski definition) is 0. The summed E-state index contributed by atoms with van der Waals surface area (Å²) in [4.78, 5) is 10.6. The van der Waals surface area contributed by atoms with E-state index in [9.17, 15) is 4.79 Å². The van der Waals surface area contributed by atoms with Gasteiger partial charge in [-0.25, -0.2) is 4.68 Å². The first-order chi connectivity index (χ1) is 8.69. The monoisotopic (exact) mass is 267 g/mol. The van der Waals surface area contributed by atoms with E-state index in [1.807, 2.05) is 0 Å². The third kappa shape index (κ3) is 2.14. The maximum absolute atomic E-state index is 10.6. The van der Waals surface area contributed by atoms with Crippen LogP contribution >= 0.6 is 11.6 Å². The number of benzene rings is 1. The van der Waals surface area contributed by atoms with Gasteiger partial charge in [0, 0.05) is 6.07 Å². The van der Waals surface area contributed by atoms with E-state index in [0.717, 1.165) is 0 Å². The fourth-order valence-electron chi connectivity index (χ4n) is 1.47. The van der Waals surface area contributed by atoms with Gasteiger partial charge in [0.05, 0.1) is 25.4 Å². The van der Waals surface area contributed by atoms with Gasteiger partial charge in [-0.2, -0.15) is 0 Å². The van der Waals surface area contributed by atoms with Crippen LogP contribution in [0, 0.1) is 0 Å². The number of hydrogen-bond acceptors (Lipinski definition) is 5. The Balaban J connectivity index is 2.55. The number of aromatic nitrogens is 3. The molecule has 94 valence electrons. The zero-order valence-electron chi connectivity index (χ0n) is 9.75. The summed E-state index contributed by atoms with van der Waals surface area (Å²) in [5.41, 5.74) is 0.799. The van der Waals surface area contributed by atoms with Crippen molar-refractivity contribution in [3.8, 4) is 17.2 Å². The number of rotatable bonds is 4. The van der Waals surface area contributed by atoms with Gasteiger partial charge in [0.2, 0.25) is 0 Å². The molecule has 0 unspecified atom stereocenters. The molecule has 0 aliphatic heterocycles. The first-order valence-electron chi connectivity index (χ1n) is 4.99. The van der Waals surface area contributed by atoms with E-state index >= 15 is 0 Å². The zero-order valence-corrected chi connectivity index (χ0v) is 10.5. The van der Waals surface area contributed by atoms with Crippen molar-refractivity contribution in [3.05, 3.63) is 29.0 Å². The van der Waals surface area contributed by atoms with E-state index in [1.54, 1.807) is 12.1 Å². The van der Waals surface area contributed by atoms with Crippen LogP contribution in [0.3, 0.4) is 0 Å². The second kappa shape index (κ2) is 5.05. The highest BCUT2D eigenvalue weighted by Crippen LogP contribution is 2.34. The molecule has 18 heavy (non-hydrogen) atoms. The number of carbonyl (C=O) groups is 1. The van der Waals surface area contributed by atoms with Gasteiger partial charge < -0.3 is 9.47 Å². The van der Waals surface area contributed by atoms with Crippen LogP contribution in [0.25, 0.3) is 5.69 Å². The average molecular weight is 268 g/mol. The van der Waals surface area contributed by atoms with Crippen LogP contribution in [-0.2, 0) is 0 Å². The largest absolute Gasteiger partial charge is 0.495 e. The summed E-state index contributed by atoms with van der Waals surface area (Å²) in [6.07, 6.45) is 2.09. The molecule has 1 aromatic carbocycles. The van der Waals surface area contributed by atoms with Gasteiger partial charge in [-0.05, 0) is 6.07 Å². The summed E-state index contributed by atoms with van der Waals surface area (Å²) in [6.45, 7) is 0. The molecule has 2 rings (SSSR count). The maximum atomic E-state index is 10.6. The minimum absolute atomic E-state index is 0.226. The minimum Gasteiger partial charge on any atom is -0.495 e. The van der Waals surface area contributed by atoms with Crippen molar-refractivity contribution >= 4 is 17.9 Å². The highest BCUT2D eigenvalue weighted by atomic mass is 35.5. The summed E-state index contributed by atoms with van der Waals surface area (Å²) in [5.74, 6) is 1.01. The lowest BCUT2D eigenvalue weighted by molar-refractivity contribution is 0.111. The molecule has 1 heterocycles. The molecule has 0 radical (unpaired) electrons. The molecule has 0 bridgehead atoms. The topological polar surface area (TPSA) is 66.2 Å². The quantitative estimate of drug-likeness (QED) is 0.790. The van der Waals surface area contributed by atoms with E-state index in [4.69, 9.17) is 21.1 Å². The second-order valence-electron chi connectivity index (χ2n) is 3.36. The lowest BCUT2D eigenvalue weighted by Crippen LogP contribution is -2.00. The molecule has 0 atom stereocenters. The normalized spacial score (nSPS) is 10.2. The van der Waals surface area contributed by atoms with E-state index in [2.05, 4.69) is 10.3 Å². The van der Waals surface area contributed by atoms with Crippen LogP contribution < -0.4 is 9.47 Å². The molecule has 0 amide bonds. The van der Waals surface area contributed by atoms with Crippen molar-refractivity contribution < 1.29 is 14.3 Å². The Kier molecular flexibility index (Phi) is 3.47. The molecule has 2 aromatic rings. The van der Waals surface area contributed by atoms with Crippen molar-refractivity contribution in [2.45, 2.75) is 0 Å². The van der Waals surface area contributed by atoms with Crippen LogP contribution in [0.2, 0.25) is 5.02 Å². The molecule has 0 fully saturated rings. The lowest BCUT2D eigenvalue weighted by atomic mass is 10.2. The Morgan fingerprint density at radius 3 is 2.56 bits per heavy atom. The van der Waals surface area contributed by atoms with Gasteiger partial charge in [0.25, 0.3) is 0 Å². The number of halogens is 1. The predicted molar refractivity (Wildman–Crippen MR) is 64.9 cm³/mol. The van der Waals surface area contributed by atoms with Gasteiger partial charge >= 0.3 is 0 Å². The summed E-state index contributed by atoms with van der Waals surface area (Å²) in [6, 6.07) is 3.27. The van der Waals surface area contributed by atoms with E-state index in [1.165, 1.54) is 25.1 Å². The molecule has 0 spiro atoms. The Labute approximate surface area is 108 Å². The zero-order chi connectivity index (χ0) is 13.1. The molecule has 0 saturated carbocycles. The van der Waals surface area contributed by atoms with E-state index in [-0.39, 0.29) is 5.69 Å². The van der Waals surface area contributed by atoms with E-state index in [0.29, 0.717) is 28.5 Å². The number of methoxy groups -OCH3 is 2. The van der Waals surface area contributed by atoms with Crippen molar-refractivity contribution in [2.75, 3.05) is 14.2 Å². The average Bonchev–Trinajstić information content (AvgIpc) is 2.87. The third-order valence-corrected chi connectivity index (χ3v) is 2.63. The summed E-state index contributed by atoms with van der Waals surface area (Å²) in [5, 5.41) is 7.91. The SMILES string of the molecule is COc1cc(OC)c(-n2cc(C=O)nn2)cc1Cl. The minimum atomic E-state index is 0.226. The fraction of sp³-hybridized carbons (Fsp3) is 0.182. The van der Waals surface area contributed by atoms with Gasteiger partial charge in [-0.1, -0.05) is 16.8 Å². The molecular weight excluding hydrogens is 258 g/mol. The predicted octanol–water partition coefficient (Wildman–Crippen LogP) is 1.75. The van der Waals surface area contributed by atoms with Crippen molar-refractivity contribution in [2.24, 2.45) is 0 Å². The van der Waals surface area contributed by atoms with Gasteiger partial charge in [-0.15, -0.1) is 5.10 Å². The molecular formula is C11H10ClN3O3. The van der Waals surface area contributed by atoms with Crippen LogP contribution in [-0.4, -0.2) is 35.5 Å². The highest BCUT2D eigenvalue weighted by Gasteiger charge is 2.13. The van der Waals surface area contributed by atoms with Crippen molar-refractivity contribution in [3.63, 3.8) is 0 Å². The van der Waals surface area contributed by atoms with Crippen LogP contribution in [0.1, 0.15) is 10.5 Å². The summed E-state index contributed by atoms with van der Waals surface area (Å²) >= 11 is 6.04. The molecule has 1 aromatic heterocycles. The van der Waals surface area contributed by atoms with Crippen molar-refractivity contribution in [1.82, 2.24) is 15.0 Å². The fourth-order valence-corrected chi connectivity index (χ4v) is 1.71. The Morgan fingerprint density at radius 1 is 1.28 bits per heavy atom. The lowest BCUT2D eigenvalue weighted by Gasteiger charge is -2.11. The second-order valence-corrected chi connectivity index (χ2v) is 3.77. The Hall–Kier alpha value is -2.08.